The first-order valence-corrected chi connectivity index (χ1v) is 9.60. The highest BCUT2D eigenvalue weighted by molar-refractivity contribution is 7.91. The van der Waals surface area contributed by atoms with Gasteiger partial charge in [0.15, 0.2) is 9.84 Å². The highest BCUT2D eigenvalue weighted by atomic mass is 32.2. The Bertz CT molecular complexity index is 781. The van der Waals surface area contributed by atoms with Gasteiger partial charge >= 0.3 is 0 Å². The summed E-state index contributed by atoms with van der Waals surface area (Å²) >= 11 is 0. The number of nitrogens with zero attached hydrogens (tertiary/aromatic N) is 2. The molecule has 1 aromatic carbocycles. The molecule has 0 amide bonds. The lowest BCUT2D eigenvalue weighted by Crippen LogP contribution is -2.15. The van der Waals surface area contributed by atoms with Crippen molar-refractivity contribution < 1.29 is 12.6 Å². The normalized spacial score (nSPS) is 15.3. The molecule has 0 radical (unpaired) electrons. The Morgan fingerprint density at radius 3 is 2.65 bits per heavy atom. The number of fused-ring (bicyclic) bond motifs is 1. The van der Waals surface area contributed by atoms with Gasteiger partial charge in [-0.15, -0.1) is 0 Å². The van der Waals surface area contributed by atoms with E-state index in [4.69, 9.17) is 5.73 Å². The van der Waals surface area contributed by atoms with Crippen molar-refractivity contribution in [1.29, 1.82) is 0 Å². The fraction of sp³-hybridized carbons (Fsp3) is 0.417. The van der Waals surface area contributed by atoms with Crippen molar-refractivity contribution in [1.82, 2.24) is 9.55 Å². The van der Waals surface area contributed by atoms with Crippen LogP contribution in [0.25, 0.3) is 11.0 Å². The lowest BCUT2D eigenvalue weighted by molar-refractivity contribution is 0.602. The van der Waals surface area contributed by atoms with Gasteiger partial charge in [-0.1, -0.05) is 6.07 Å². The van der Waals surface area contributed by atoms with E-state index in [0.29, 0.717) is 16.8 Å². The molecule has 0 aliphatic rings. The van der Waals surface area contributed by atoms with Crippen molar-refractivity contribution in [2.45, 2.75) is 17.9 Å². The summed E-state index contributed by atoms with van der Waals surface area (Å²) in [5.74, 6) is 0.660. The molecular formula is C12H17N3O3S2. The van der Waals surface area contributed by atoms with E-state index in [9.17, 15) is 12.6 Å². The second kappa shape index (κ2) is 5.17. The van der Waals surface area contributed by atoms with E-state index in [1.54, 1.807) is 23.0 Å². The van der Waals surface area contributed by atoms with Crippen LogP contribution in [0.2, 0.25) is 0 Å². The van der Waals surface area contributed by atoms with Crippen LogP contribution in [0.5, 0.6) is 0 Å². The standard InChI is InChI=1S/C12H17N3O3S2/c1-8(7-19(2)16)15-9-5-4-6-10(20(3,17)18)11(9)14-12(15)13/h4-6,8H,7H2,1-3H3,(H2,13,14). The van der Waals surface area contributed by atoms with E-state index >= 15 is 0 Å². The van der Waals surface area contributed by atoms with Crippen molar-refractivity contribution in [3.05, 3.63) is 18.2 Å². The summed E-state index contributed by atoms with van der Waals surface area (Å²) in [4.78, 5) is 4.33. The molecule has 2 N–H and O–H groups in total. The lowest BCUT2D eigenvalue weighted by atomic mass is 10.3. The molecule has 0 fully saturated rings. The molecule has 0 bridgehead atoms. The third-order valence-corrected chi connectivity index (χ3v) is 5.11. The molecule has 1 aromatic heterocycles. The third kappa shape index (κ3) is 2.71. The molecular weight excluding hydrogens is 298 g/mol. The maximum atomic E-state index is 11.8. The minimum atomic E-state index is -3.37. The van der Waals surface area contributed by atoms with Crippen LogP contribution >= 0.6 is 0 Å². The largest absolute Gasteiger partial charge is 0.369 e. The van der Waals surface area contributed by atoms with Crippen LogP contribution in [0.1, 0.15) is 13.0 Å². The van der Waals surface area contributed by atoms with Crippen molar-refractivity contribution in [3.63, 3.8) is 0 Å². The first kappa shape index (κ1) is 15.0. The van der Waals surface area contributed by atoms with E-state index < -0.39 is 20.6 Å². The molecule has 0 saturated carbocycles. The average Bonchev–Trinajstić information content (AvgIpc) is 2.61. The molecule has 110 valence electrons. The maximum Gasteiger partial charge on any atom is 0.201 e. The summed E-state index contributed by atoms with van der Waals surface area (Å²) in [5, 5.41) is 0. The molecule has 0 aliphatic carbocycles. The molecule has 1 heterocycles. The number of nitrogens with two attached hydrogens (primary N) is 1. The maximum absolute atomic E-state index is 11.8. The van der Waals surface area contributed by atoms with Crippen molar-refractivity contribution in [3.8, 4) is 0 Å². The Morgan fingerprint density at radius 1 is 1.45 bits per heavy atom. The van der Waals surface area contributed by atoms with E-state index in [2.05, 4.69) is 4.98 Å². The summed E-state index contributed by atoms with van der Waals surface area (Å²) < 4.78 is 36.6. The fourth-order valence-corrected chi connectivity index (χ4v) is 3.94. The van der Waals surface area contributed by atoms with Crippen LogP contribution in [-0.2, 0) is 20.6 Å². The number of anilines is 1. The molecule has 6 nitrogen and oxygen atoms in total. The van der Waals surface area contributed by atoms with Gasteiger partial charge in [0, 0.05) is 35.1 Å². The van der Waals surface area contributed by atoms with Gasteiger partial charge in [-0.25, -0.2) is 13.4 Å². The van der Waals surface area contributed by atoms with Crippen LogP contribution in [0.15, 0.2) is 23.1 Å². The SMILES string of the molecule is CC(CS(C)=O)n1c(N)nc2c(S(C)(=O)=O)cccc21. The molecule has 2 rings (SSSR count). The number of hydrogen-bond acceptors (Lipinski definition) is 5. The highest BCUT2D eigenvalue weighted by Gasteiger charge is 2.20. The summed E-state index contributed by atoms with van der Waals surface area (Å²) in [5.41, 5.74) is 6.90. The summed E-state index contributed by atoms with van der Waals surface area (Å²) in [6.45, 7) is 1.88. The summed E-state index contributed by atoms with van der Waals surface area (Å²) in [7, 11) is -4.35. The lowest BCUT2D eigenvalue weighted by Gasteiger charge is -2.14. The zero-order chi connectivity index (χ0) is 15.1. The van der Waals surface area contributed by atoms with Gasteiger partial charge in [-0.05, 0) is 19.1 Å². The van der Waals surface area contributed by atoms with Gasteiger partial charge < -0.3 is 10.3 Å². The van der Waals surface area contributed by atoms with Crippen molar-refractivity contribution in [2.75, 3.05) is 24.0 Å². The first-order chi connectivity index (χ1) is 9.21. The van der Waals surface area contributed by atoms with Crippen molar-refractivity contribution >= 4 is 37.6 Å². The second-order valence-corrected chi connectivity index (χ2v) is 8.29. The van der Waals surface area contributed by atoms with Gasteiger partial charge in [-0.2, -0.15) is 0 Å². The molecule has 0 saturated heterocycles. The zero-order valence-corrected chi connectivity index (χ0v) is 13.2. The number of imidazole rings is 1. The van der Waals surface area contributed by atoms with Crippen LogP contribution < -0.4 is 5.73 Å². The Kier molecular flexibility index (Phi) is 3.88. The fourth-order valence-electron chi connectivity index (χ4n) is 2.29. The first-order valence-electron chi connectivity index (χ1n) is 5.98. The van der Waals surface area contributed by atoms with Gasteiger partial charge in [-0.3, -0.25) is 4.21 Å². The van der Waals surface area contributed by atoms with E-state index in [0.717, 1.165) is 6.26 Å². The minimum absolute atomic E-state index is 0.124. The minimum Gasteiger partial charge on any atom is -0.369 e. The smallest absolute Gasteiger partial charge is 0.201 e. The van der Waals surface area contributed by atoms with Gasteiger partial charge in [0.1, 0.15) is 5.52 Å². The number of sulfone groups is 1. The quantitative estimate of drug-likeness (QED) is 0.907. The Hall–Kier alpha value is -1.41. The van der Waals surface area contributed by atoms with Crippen LogP contribution in [0, 0.1) is 0 Å². The van der Waals surface area contributed by atoms with Crippen LogP contribution in [-0.4, -0.2) is 40.4 Å². The number of nitrogen functional groups attached to an aromatic ring is 1. The Labute approximate surface area is 120 Å². The number of benzene rings is 1. The second-order valence-electron chi connectivity index (χ2n) is 4.82. The molecule has 20 heavy (non-hydrogen) atoms. The highest BCUT2D eigenvalue weighted by Crippen LogP contribution is 2.27. The molecule has 8 heteroatoms. The third-order valence-electron chi connectivity index (χ3n) is 3.03. The summed E-state index contributed by atoms with van der Waals surface area (Å²) in [6, 6.07) is 4.81. The van der Waals surface area contributed by atoms with Gasteiger partial charge in [0.05, 0.1) is 10.4 Å². The topological polar surface area (TPSA) is 95.0 Å². The molecule has 0 aliphatic heterocycles. The molecule has 0 spiro atoms. The summed E-state index contributed by atoms with van der Waals surface area (Å²) in [6.07, 6.45) is 2.76. The number of hydrogen-bond donors (Lipinski definition) is 1. The van der Waals surface area contributed by atoms with E-state index in [1.807, 2.05) is 6.92 Å². The monoisotopic (exact) mass is 315 g/mol. The molecule has 2 aromatic rings. The van der Waals surface area contributed by atoms with Crippen LogP contribution in [0.3, 0.4) is 0 Å². The van der Waals surface area contributed by atoms with Crippen molar-refractivity contribution in [2.24, 2.45) is 0 Å². The zero-order valence-electron chi connectivity index (χ0n) is 11.5. The van der Waals surface area contributed by atoms with E-state index in [-0.39, 0.29) is 16.9 Å². The Morgan fingerprint density at radius 2 is 2.10 bits per heavy atom. The molecule has 2 unspecified atom stereocenters. The number of rotatable bonds is 4. The van der Waals surface area contributed by atoms with Gasteiger partial charge in [0.2, 0.25) is 5.95 Å². The predicted octanol–water partition coefficient (Wildman–Crippen LogP) is 0.961. The predicted molar refractivity (Wildman–Crippen MR) is 80.9 cm³/mol. The molecule has 2 atom stereocenters. The van der Waals surface area contributed by atoms with E-state index in [1.165, 1.54) is 6.07 Å². The van der Waals surface area contributed by atoms with Gasteiger partial charge in [0.25, 0.3) is 0 Å². The Balaban J connectivity index is 2.70. The van der Waals surface area contributed by atoms with Crippen LogP contribution in [0.4, 0.5) is 5.95 Å². The number of aromatic nitrogens is 2. The average molecular weight is 315 g/mol. The number of para-hydroxylation sites is 1.